The summed E-state index contributed by atoms with van der Waals surface area (Å²) in [6.45, 7) is 2.68. The molecule has 1 aliphatic heterocycles. The molecule has 2 rings (SSSR count). The summed E-state index contributed by atoms with van der Waals surface area (Å²) in [7, 11) is -2.99. The highest BCUT2D eigenvalue weighted by Gasteiger charge is 2.34. The number of nitrogens with zero attached hydrogens (tertiary/aromatic N) is 1. The van der Waals surface area contributed by atoms with Crippen molar-refractivity contribution in [2.75, 3.05) is 18.1 Å². The summed E-state index contributed by atoms with van der Waals surface area (Å²) < 4.78 is 24.2. The van der Waals surface area contributed by atoms with Crippen LogP contribution in [0.2, 0.25) is 0 Å². The fourth-order valence-electron chi connectivity index (χ4n) is 2.59. The molecule has 1 amide bonds. The van der Waals surface area contributed by atoms with Gasteiger partial charge in [0.05, 0.1) is 11.5 Å². The van der Waals surface area contributed by atoms with Crippen molar-refractivity contribution in [2.24, 2.45) is 0 Å². The molecular weight excluding hydrogens is 354 g/mol. The van der Waals surface area contributed by atoms with Gasteiger partial charge in [-0.25, -0.2) is 8.42 Å². The van der Waals surface area contributed by atoms with Gasteiger partial charge in [0.2, 0.25) is 0 Å². The summed E-state index contributed by atoms with van der Waals surface area (Å²) in [5, 5.41) is 0. The molecule has 1 heterocycles. The van der Waals surface area contributed by atoms with Crippen LogP contribution in [0, 0.1) is 0 Å². The van der Waals surface area contributed by atoms with Crippen LogP contribution in [-0.2, 0) is 9.84 Å². The first kappa shape index (κ1) is 16.5. The number of hydrogen-bond donors (Lipinski definition) is 0. The largest absolute Gasteiger partial charge is 0.335 e. The monoisotopic (exact) mass is 373 g/mol. The van der Waals surface area contributed by atoms with E-state index in [2.05, 4.69) is 22.9 Å². The molecular formula is C15H20BrNO3S. The second kappa shape index (κ2) is 6.92. The van der Waals surface area contributed by atoms with Gasteiger partial charge < -0.3 is 4.90 Å². The molecule has 1 aliphatic rings. The molecule has 0 saturated carbocycles. The lowest BCUT2D eigenvalue weighted by Crippen LogP contribution is -2.41. The molecule has 6 heteroatoms. The number of benzene rings is 1. The topological polar surface area (TPSA) is 54.5 Å². The molecule has 116 valence electrons. The van der Waals surface area contributed by atoms with Crippen LogP contribution in [0.1, 0.15) is 36.5 Å². The van der Waals surface area contributed by atoms with Crippen LogP contribution in [0.15, 0.2) is 28.7 Å². The van der Waals surface area contributed by atoms with Gasteiger partial charge in [0.25, 0.3) is 5.91 Å². The third-order valence-electron chi connectivity index (χ3n) is 3.73. The van der Waals surface area contributed by atoms with Gasteiger partial charge in [-0.15, -0.1) is 0 Å². The Bertz CT molecular complexity index is 615. The number of sulfone groups is 1. The summed E-state index contributed by atoms with van der Waals surface area (Å²) in [5.41, 5.74) is 0.602. The van der Waals surface area contributed by atoms with Crippen molar-refractivity contribution in [1.29, 1.82) is 0 Å². The van der Waals surface area contributed by atoms with Gasteiger partial charge >= 0.3 is 0 Å². The lowest BCUT2D eigenvalue weighted by molar-refractivity contribution is 0.0694. The Morgan fingerprint density at radius 3 is 2.76 bits per heavy atom. The molecule has 21 heavy (non-hydrogen) atoms. The highest BCUT2D eigenvalue weighted by Crippen LogP contribution is 2.22. The van der Waals surface area contributed by atoms with Crippen LogP contribution < -0.4 is 0 Å². The van der Waals surface area contributed by atoms with E-state index in [1.54, 1.807) is 17.0 Å². The summed E-state index contributed by atoms with van der Waals surface area (Å²) in [6.07, 6.45) is 2.41. The molecule has 0 unspecified atom stereocenters. The fraction of sp³-hybridized carbons (Fsp3) is 0.533. The van der Waals surface area contributed by atoms with Crippen LogP contribution in [0.3, 0.4) is 0 Å². The molecule has 0 bridgehead atoms. The molecule has 0 radical (unpaired) electrons. The molecule has 0 aromatic heterocycles. The molecule has 1 saturated heterocycles. The fourth-order valence-corrected chi connectivity index (χ4v) is 4.72. The van der Waals surface area contributed by atoms with E-state index in [-0.39, 0.29) is 23.5 Å². The number of carbonyl (C=O) groups excluding carboxylic acids is 1. The smallest absolute Gasteiger partial charge is 0.254 e. The Balaban J connectivity index is 2.21. The summed E-state index contributed by atoms with van der Waals surface area (Å²) in [6, 6.07) is 7.06. The van der Waals surface area contributed by atoms with E-state index in [1.807, 2.05) is 12.1 Å². The highest BCUT2D eigenvalue weighted by molar-refractivity contribution is 9.10. The third kappa shape index (κ3) is 4.30. The molecule has 1 atom stereocenters. The normalized spacial score (nSPS) is 20.4. The third-order valence-corrected chi connectivity index (χ3v) is 5.98. The summed E-state index contributed by atoms with van der Waals surface area (Å²) in [4.78, 5) is 14.5. The van der Waals surface area contributed by atoms with Crippen LogP contribution >= 0.6 is 15.9 Å². The Kier molecular flexibility index (Phi) is 5.43. The first-order chi connectivity index (χ1) is 9.93. The van der Waals surface area contributed by atoms with Crippen molar-refractivity contribution >= 4 is 31.7 Å². The average molecular weight is 374 g/mol. The van der Waals surface area contributed by atoms with Gasteiger partial charge in [-0.1, -0.05) is 35.3 Å². The minimum Gasteiger partial charge on any atom is -0.335 e. The molecule has 4 nitrogen and oxygen atoms in total. The van der Waals surface area contributed by atoms with Gasteiger partial charge in [-0.2, -0.15) is 0 Å². The number of carbonyl (C=O) groups is 1. The van der Waals surface area contributed by atoms with Gasteiger partial charge in [0.1, 0.15) is 0 Å². The zero-order valence-electron chi connectivity index (χ0n) is 12.1. The molecule has 0 N–H and O–H groups in total. The van der Waals surface area contributed by atoms with E-state index < -0.39 is 9.84 Å². The summed E-state index contributed by atoms with van der Waals surface area (Å²) >= 11 is 3.37. The number of rotatable bonds is 5. The van der Waals surface area contributed by atoms with Crippen LogP contribution in [0.4, 0.5) is 0 Å². The van der Waals surface area contributed by atoms with Crippen LogP contribution in [-0.4, -0.2) is 43.3 Å². The second-order valence-corrected chi connectivity index (χ2v) is 8.56. The van der Waals surface area contributed by atoms with Crippen molar-refractivity contribution in [3.63, 3.8) is 0 Å². The van der Waals surface area contributed by atoms with E-state index in [0.29, 0.717) is 18.5 Å². The summed E-state index contributed by atoms with van der Waals surface area (Å²) in [5.74, 6) is 0.203. The van der Waals surface area contributed by atoms with E-state index in [9.17, 15) is 13.2 Å². The Morgan fingerprint density at radius 2 is 2.19 bits per heavy atom. The van der Waals surface area contributed by atoms with Crippen molar-refractivity contribution in [2.45, 2.75) is 32.2 Å². The molecule has 0 aliphatic carbocycles. The Hall–Kier alpha value is -0.880. The molecule has 0 spiro atoms. The second-order valence-electron chi connectivity index (χ2n) is 5.42. The zero-order chi connectivity index (χ0) is 15.5. The van der Waals surface area contributed by atoms with E-state index in [4.69, 9.17) is 0 Å². The highest BCUT2D eigenvalue weighted by atomic mass is 79.9. The SMILES string of the molecule is CCCCN(C(=O)c1cccc(Br)c1)[C@H]1CCS(=O)(=O)C1. The van der Waals surface area contributed by atoms with Gasteiger partial charge in [-0.3, -0.25) is 4.79 Å². The number of amides is 1. The van der Waals surface area contributed by atoms with Crippen molar-refractivity contribution < 1.29 is 13.2 Å². The zero-order valence-corrected chi connectivity index (χ0v) is 14.5. The first-order valence-corrected chi connectivity index (χ1v) is 9.81. The Labute approximate surface area is 134 Å². The maximum absolute atomic E-state index is 12.7. The predicted octanol–water partition coefficient (Wildman–Crippen LogP) is 2.88. The Morgan fingerprint density at radius 1 is 1.43 bits per heavy atom. The lowest BCUT2D eigenvalue weighted by atomic mass is 10.1. The standard InChI is InChI=1S/C15H20BrNO3S/c1-2-3-8-17(14-7-9-21(19,20)11-14)15(18)12-5-4-6-13(16)10-12/h4-6,10,14H,2-3,7-9,11H2,1H3/t14-/m0/s1. The molecule has 1 fully saturated rings. The van der Waals surface area contributed by atoms with Gasteiger partial charge in [0, 0.05) is 22.6 Å². The van der Waals surface area contributed by atoms with E-state index in [1.165, 1.54) is 0 Å². The van der Waals surface area contributed by atoms with E-state index >= 15 is 0 Å². The van der Waals surface area contributed by atoms with Crippen LogP contribution in [0.5, 0.6) is 0 Å². The van der Waals surface area contributed by atoms with Crippen molar-refractivity contribution in [3.05, 3.63) is 34.3 Å². The van der Waals surface area contributed by atoms with E-state index in [0.717, 1.165) is 17.3 Å². The minimum absolute atomic E-state index is 0.0770. The van der Waals surface area contributed by atoms with Crippen molar-refractivity contribution in [3.8, 4) is 0 Å². The number of hydrogen-bond acceptors (Lipinski definition) is 3. The molecule has 1 aromatic carbocycles. The first-order valence-electron chi connectivity index (χ1n) is 7.20. The predicted molar refractivity (Wildman–Crippen MR) is 87.1 cm³/mol. The minimum atomic E-state index is -2.99. The maximum atomic E-state index is 12.7. The van der Waals surface area contributed by atoms with Gasteiger partial charge in [0.15, 0.2) is 9.84 Å². The number of halogens is 1. The van der Waals surface area contributed by atoms with Gasteiger partial charge in [-0.05, 0) is 31.0 Å². The van der Waals surface area contributed by atoms with Crippen molar-refractivity contribution in [1.82, 2.24) is 4.90 Å². The maximum Gasteiger partial charge on any atom is 0.254 e. The number of unbranched alkanes of at least 4 members (excludes halogenated alkanes) is 1. The quantitative estimate of drug-likeness (QED) is 0.797. The van der Waals surface area contributed by atoms with Crippen LogP contribution in [0.25, 0.3) is 0 Å². The molecule has 1 aromatic rings. The average Bonchev–Trinajstić information content (AvgIpc) is 2.79. The lowest BCUT2D eigenvalue weighted by Gasteiger charge is -2.28.